The van der Waals surface area contributed by atoms with E-state index in [1.807, 2.05) is 13.8 Å². The van der Waals surface area contributed by atoms with Crippen molar-refractivity contribution in [1.82, 2.24) is 0 Å². The molecule has 0 spiro atoms. The van der Waals surface area contributed by atoms with E-state index in [0.717, 1.165) is 25.9 Å². The van der Waals surface area contributed by atoms with E-state index in [1.54, 1.807) is 0 Å². The summed E-state index contributed by atoms with van der Waals surface area (Å²) >= 11 is 0. The molecule has 0 aromatic rings. The average Bonchev–Trinajstić information content (AvgIpc) is 2.58. The van der Waals surface area contributed by atoms with Crippen molar-refractivity contribution in [2.24, 2.45) is 5.73 Å². The first-order chi connectivity index (χ1) is 7.72. The topological polar surface area (TPSA) is 53.7 Å². The Balaban J connectivity index is 2.08. The summed E-state index contributed by atoms with van der Waals surface area (Å²) in [6.07, 6.45) is 3.32. The van der Waals surface area contributed by atoms with Gasteiger partial charge in [-0.25, -0.2) is 0 Å². The third-order valence-electron chi connectivity index (χ3n) is 3.74. The van der Waals surface area contributed by atoms with Gasteiger partial charge in [0, 0.05) is 13.2 Å². The molecule has 0 aromatic heterocycles. The molecular formula is C12H23NO3. The fourth-order valence-electron chi connectivity index (χ4n) is 2.99. The lowest BCUT2D eigenvalue weighted by Crippen LogP contribution is -2.62. The molecule has 0 bridgehead atoms. The number of hydrogen-bond acceptors (Lipinski definition) is 4. The zero-order valence-electron chi connectivity index (χ0n) is 10.3. The maximum Gasteiger partial charge on any atom is 0.104 e. The number of nitrogens with two attached hydrogens (primary N) is 1. The van der Waals surface area contributed by atoms with E-state index in [9.17, 15) is 0 Å². The highest BCUT2D eigenvalue weighted by Crippen LogP contribution is 2.39. The van der Waals surface area contributed by atoms with Crippen molar-refractivity contribution in [3.05, 3.63) is 0 Å². The van der Waals surface area contributed by atoms with E-state index in [1.165, 1.54) is 0 Å². The van der Waals surface area contributed by atoms with Gasteiger partial charge in [0.2, 0.25) is 0 Å². The predicted molar refractivity (Wildman–Crippen MR) is 61.3 cm³/mol. The summed E-state index contributed by atoms with van der Waals surface area (Å²) in [5.41, 5.74) is 6.15. The monoisotopic (exact) mass is 229 g/mol. The lowest BCUT2D eigenvalue weighted by Gasteiger charge is -2.41. The molecule has 0 amide bonds. The van der Waals surface area contributed by atoms with Crippen LogP contribution in [0.3, 0.4) is 0 Å². The summed E-state index contributed by atoms with van der Waals surface area (Å²) in [5, 5.41) is 0. The van der Waals surface area contributed by atoms with Gasteiger partial charge in [-0.15, -0.1) is 0 Å². The molecule has 0 radical (unpaired) electrons. The van der Waals surface area contributed by atoms with Gasteiger partial charge in [0.05, 0.1) is 18.2 Å². The molecule has 2 aliphatic rings. The molecule has 1 saturated heterocycles. The molecule has 94 valence electrons. The third-order valence-corrected chi connectivity index (χ3v) is 3.74. The van der Waals surface area contributed by atoms with Gasteiger partial charge in [-0.3, -0.25) is 0 Å². The largest absolute Gasteiger partial charge is 0.376 e. The summed E-state index contributed by atoms with van der Waals surface area (Å²) in [5.74, 6) is 0. The van der Waals surface area contributed by atoms with Gasteiger partial charge < -0.3 is 19.9 Å². The maximum absolute atomic E-state index is 6.49. The van der Waals surface area contributed by atoms with Gasteiger partial charge in [0.25, 0.3) is 0 Å². The molecular weight excluding hydrogens is 206 g/mol. The zero-order valence-corrected chi connectivity index (χ0v) is 10.3. The Hall–Kier alpha value is -0.160. The SMILES string of the molecule is CCO[C@H]1CCC[C@]2(N)[C@@H](OCC)CO[C@H]12. The van der Waals surface area contributed by atoms with Crippen LogP contribution in [0.4, 0.5) is 0 Å². The van der Waals surface area contributed by atoms with Gasteiger partial charge >= 0.3 is 0 Å². The Labute approximate surface area is 97.4 Å². The molecule has 2 N–H and O–H groups in total. The molecule has 1 saturated carbocycles. The maximum atomic E-state index is 6.49. The first-order valence-electron chi connectivity index (χ1n) is 6.36. The van der Waals surface area contributed by atoms with Gasteiger partial charge in [-0.2, -0.15) is 0 Å². The second-order valence-corrected chi connectivity index (χ2v) is 4.70. The molecule has 1 aliphatic heterocycles. The summed E-state index contributed by atoms with van der Waals surface area (Å²) in [6, 6.07) is 0. The van der Waals surface area contributed by atoms with E-state index in [4.69, 9.17) is 19.9 Å². The van der Waals surface area contributed by atoms with Crippen LogP contribution in [0.5, 0.6) is 0 Å². The molecule has 1 heterocycles. The molecule has 0 aromatic carbocycles. The second kappa shape index (κ2) is 5.00. The van der Waals surface area contributed by atoms with Crippen molar-refractivity contribution in [3.8, 4) is 0 Å². The minimum atomic E-state index is -0.339. The Kier molecular flexibility index (Phi) is 3.85. The normalized spacial score (nSPS) is 43.3. The molecule has 0 unspecified atom stereocenters. The number of fused-ring (bicyclic) bond motifs is 1. The summed E-state index contributed by atoms with van der Waals surface area (Å²) in [6.45, 7) is 6.04. The van der Waals surface area contributed by atoms with Gasteiger partial charge in [0.1, 0.15) is 12.2 Å². The van der Waals surface area contributed by atoms with Crippen LogP contribution in [0.25, 0.3) is 0 Å². The first kappa shape index (κ1) is 12.3. The Bertz CT molecular complexity index is 234. The molecule has 4 atom stereocenters. The van der Waals surface area contributed by atoms with Crippen molar-refractivity contribution in [1.29, 1.82) is 0 Å². The van der Waals surface area contributed by atoms with Gasteiger partial charge in [-0.1, -0.05) is 0 Å². The van der Waals surface area contributed by atoms with Crippen LogP contribution < -0.4 is 5.73 Å². The highest BCUT2D eigenvalue weighted by atomic mass is 16.6. The third kappa shape index (κ3) is 1.99. The number of hydrogen-bond donors (Lipinski definition) is 1. The highest BCUT2D eigenvalue weighted by molar-refractivity contribution is 5.09. The van der Waals surface area contributed by atoms with E-state index in [-0.39, 0.29) is 23.9 Å². The zero-order chi connectivity index (χ0) is 11.6. The average molecular weight is 229 g/mol. The van der Waals surface area contributed by atoms with Crippen LogP contribution in [0.15, 0.2) is 0 Å². The van der Waals surface area contributed by atoms with Crippen molar-refractivity contribution < 1.29 is 14.2 Å². The highest BCUT2D eigenvalue weighted by Gasteiger charge is 2.54. The lowest BCUT2D eigenvalue weighted by molar-refractivity contribution is -0.0866. The number of rotatable bonds is 4. The summed E-state index contributed by atoms with van der Waals surface area (Å²) in [4.78, 5) is 0. The van der Waals surface area contributed by atoms with Crippen LogP contribution in [-0.4, -0.2) is 43.7 Å². The van der Waals surface area contributed by atoms with Crippen molar-refractivity contribution in [3.63, 3.8) is 0 Å². The van der Waals surface area contributed by atoms with E-state index >= 15 is 0 Å². The van der Waals surface area contributed by atoms with Crippen LogP contribution in [0.2, 0.25) is 0 Å². The molecule has 4 heteroatoms. The van der Waals surface area contributed by atoms with E-state index < -0.39 is 0 Å². The van der Waals surface area contributed by atoms with Gasteiger partial charge in [-0.05, 0) is 33.1 Å². The van der Waals surface area contributed by atoms with Crippen LogP contribution in [0.1, 0.15) is 33.1 Å². The fraction of sp³-hybridized carbons (Fsp3) is 1.00. The number of ether oxygens (including phenoxy) is 3. The summed E-state index contributed by atoms with van der Waals surface area (Å²) in [7, 11) is 0. The molecule has 2 rings (SSSR count). The smallest absolute Gasteiger partial charge is 0.104 e. The first-order valence-corrected chi connectivity index (χ1v) is 6.36. The standard InChI is InChI=1S/C12H23NO3/c1-3-14-9-6-5-7-12(13)10(15-4-2)8-16-11(9)12/h9-11H,3-8,13H2,1-2H3/t9-,10-,11+,12-/m0/s1. The van der Waals surface area contributed by atoms with Crippen LogP contribution in [-0.2, 0) is 14.2 Å². The van der Waals surface area contributed by atoms with Crippen LogP contribution in [0, 0.1) is 0 Å². The Morgan fingerprint density at radius 3 is 2.75 bits per heavy atom. The van der Waals surface area contributed by atoms with Crippen molar-refractivity contribution in [2.75, 3.05) is 19.8 Å². The summed E-state index contributed by atoms with van der Waals surface area (Å²) < 4.78 is 17.2. The van der Waals surface area contributed by atoms with E-state index in [0.29, 0.717) is 13.2 Å². The van der Waals surface area contributed by atoms with Crippen molar-refractivity contribution in [2.45, 2.75) is 57.0 Å². The second-order valence-electron chi connectivity index (χ2n) is 4.70. The molecule has 2 fully saturated rings. The Morgan fingerprint density at radius 1 is 1.31 bits per heavy atom. The quantitative estimate of drug-likeness (QED) is 0.783. The molecule has 4 nitrogen and oxygen atoms in total. The van der Waals surface area contributed by atoms with E-state index in [2.05, 4.69) is 0 Å². The predicted octanol–water partition coefficient (Wildman–Crippen LogP) is 1.08. The van der Waals surface area contributed by atoms with Gasteiger partial charge in [0.15, 0.2) is 0 Å². The minimum Gasteiger partial charge on any atom is -0.376 e. The molecule has 16 heavy (non-hydrogen) atoms. The molecule has 1 aliphatic carbocycles. The minimum absolute atomic E-state index is 0.0118. The van der Waals surface area contributed by atoms with Crippen LogP contribution >= 0.6 is 0 Å². The lowest BCUT2D eigenvalue weighted by atomic mass is 9.76. The van der Waals surface area contributed by atoms with Crippen molar-refractivity contribution >= 4 is 0 Å². The Morgan fingerprint density at radius 2 is 2.06 bits per heavy atom. The fourth-order valence-corrected chi connectivity index (χ4v) is 2.99.